The number of nitrogens with two attached hydrogens (primary N) is 1. The Morgan fingerprint density at radius 2 is 1.88 bits per heavy atom. The van der Waals surface area contributed by atoms with Gasteiger partial charge in [-0.25, -0.2) is 9.97 Å². The van der Waals surface area contributed by atoms with Crippen LogP contribution in [0.1, 0.15) is 12.1 Å². The molecule has 8 nitrogen and oxygen atoms in total. The first-order valence-electron chi connectivity index (χ1n) is 10.4. The highest BCUT2D eigenvalue weighted by Gasteiger charge is 2.13. The smallest absolute Gasteiger partial charge is 0.162 e. The van der Waals surface area contributed by atoms with E-state index in [-0.39, 0.29) is 0 Å². The van der Waals surface area contributed by atoms with Gasteiger partial charge in [0.2, 0.25) is 0 Å². The Balaban J connectivity index is 1.55. The Hall–Kier alpha value is -3.62. The van der Waals surface area contributed by atoms with Crippen molar-refractivity contribution in [3.8, 4) is 17.2 Å². The number of fused-ring (bicyclic) bond motifs is 1. The summed E-state index contributed by atoms with van der Waals surface area (Å²) in [5.41, 5.74) is 7.87. The Bertz CT molecular complexity index is 1220. The van der Waals surface area contributed by atoms with Gasteiger partial charge in [-0.05, 0) is 49.4 Å². The van der Waals surface area contributed by atoms with Crippen molar-refractivity contribution in [3.63, 3.8) is 0 Å². The van der Waals surface area contributed by atoms with Crippen LogP contribution in [0.3, 0.4) is 0 Å². The van der Waals surface area contributed by atoms with Crippen LogP contribution in [-0.4, -0.2) is 35.2 Å². The number of hydrogen-bond donors (Lipinski definition) is 2. The fourth-order valence-corrected chi connectivity index (χ4v) is 3.40. The molecule has 9 heteroatoms. The molecular formula is C24H24ClN5O3. The van der Waals surface area contributed by atoms with E-state index in [2.05, 4.69) is 20.3 Å². The molecule has 0 bridgehead atoms. The number of methoxy groups -OCH3 is 1. The third-order valence-corrected chi connectivity index (χ3v) is 5.12. The van der Waals surface area contributed by atoms with Crippen LogP contribution in [0.4, 0.5) is 11.5 Å². The van der Waals surface area contributed by atoms with E-state index >= 15 is 0 Å². The second-order valence-corrected chi connectivity index (χ2v) is 7.52. The summed E-state index contributed by atoms with van der Waals surface area (Å²) in [6.07, 6.45) is 3.96. The number of hydrogen-bond acceptors (Lipinski definition) is 8. The molecule has 33 heavy (non-hydrogen) atoms. The molecule has 0 fully saturated rings. The van der Waals surface area contributed by atoms with Crippen LogP contribution in [0.2, 0.25) is 5.02 Å². The van der Waals surface area contributed by atoms with Gasteiger partial charge in [-0.15, -0.1) is 0 Å². The average Bonchev–Trinajstić information content (AvgIpc) is 2.84. The van der Waals surface area contributed by atoms with Crippen LogP contribution in [-0.2, 0) is 6.61 Å². The number of benzene rings is 2. The van der Waals surface area contributed by atoms with E-state index in [0.29, 0.717) is 47.8 Å². The minimum Gasteiger partial charge on any atom is -0.493 e. The Labute approximate surface area is 196 Å². The van der Waals surface area contributed by atoms with Crippen LogP contribution >= 0.6 is 11.6 Å². The van der Waals surface area contributed by atoms with Gasteiger partial charge in [0.25, 0.3) is 0 Å². The Kier molecular flexibility index (Phi) is 7.39. The van der Waals surface area contributed by atoms with E-state index in [9.17, 15) is 0 Å². The minimum absolute atomic E-state index is 0.332. The van der Waals surface area contributed by atoms with Gasteiger partial charge in [-0.1, -0.05) is 17.7 Å². The van der Waals surface area contributed by atoms with Gasteiger partial charge < -0.3 is 25.3 Å². The number of ether oxygens (including phenoxy) is 3. The van der Waals surface area contributed by atoms with Crippen LogP contribution in [0.15, 0.2) is 61.1 Å². The van der Waals surface area contributed by atoms with Crippen molar-refractivity contribution in [1.29, 1.82) is 0 Å². The van der Waals surface area contributed by atoms with Gasteiger partial charge in [0, 0.05) is 23.3 Å². The molecule has 3 N–H and O–H groups in total. The highest BCUT2D eigenvalue weighted by Crippen LogP contribution is 2.36. The lowest BCUT2D eigenvalue weighted by Crippen LogP contribution is -2.07. The maximum atomic E-state index is 6.45. The van der Waals surface area contributed by atoms with Gasteiger partial charge in [0.15, 0.2) is 11.5 Å². The lowest BCUT2D eigenvalue weighted by atomic mass is 10.2. The van der Waals surface area contributed by atoms with Gasteiger partial charge in [0.05, 0.1) is 29.9 Å². The molecule has 0 saturated heterocycles. The zero-order valence-corrected chi connectivity index (χ0v) is 18.9. The summed E-state index contributed by atoms with van der Waals surface area (Å²) in [5.74, 6) is 2.39. The van der Waals surface area contributed by atoms with Crippen LogP contribution in [0, 0.1) is 0 Å². The highest BCUT2D eigenvalue weighted by atomic mass is 35.5. The standard InChI is InChI=1S/C24H24ClN5O3/c1-31-22-13-20-18(12-23(22)32-10-4-8-26)24(29-15-28-20)30-16-6-7-21(19(25)11-16)33-14-17-5-2-3-9-27-17/h2-3,5-7,9,11-13,15H,4,8,10,14,26H2,1H3,(H,28,29,30). The van der Waals surface area contributed by atoms with Gasteiger partial charge in [-0.2, -0.15) is 0 Å². The fraction of sp³-hybridized carbons (Fsp3) is 0.208. The van der Waals surface area contributed by atoms with E-state index in [0.717, 1.165) is 28.7 Å². The molecule has 0 atom stereocenters. The first kappa shape index (κ1) is 22.6. The molecule has 0 unspecified atom stereocenters. The zero-order chi connectivity index (χ0) is 23.0. The first-order valence-corrected chi connectivity index (χ1v) is 10.8. The second-order valence-electron chi connectivity index (χ2n) is 7.11. The van der Waals surface area contributed by atoms with Gasteiger partial charge in [0.1, 0.15) is 24.5 Å². The van der Waals surface area contributed by atoms with E-state index in [1.165, 1.54) is 6.33 Å². The second kappa shape index (κ2) is 10.8. The lowest BCUT2D eigenvalue weighted by Gasteiger charge is -2.14. The third-order valence-electron chi connectivity index (χ3n) is 4.82. The summed E-state index contributed by atoms with van der Waals surface area (Å²) >= 11 is 6.45. The van der Waals surface area contributed by atoms with Crippen LogP contribution in [0.5, 0.6) is 17.2 Å². The number of nitrogens with zero attached hydrogens (tertiary/aromatic N) is 3. The highest BCUT2D eigenvalue weighted by molar-refractivity contribution is 6.32. The summed E-state index contributed by atoms with van der Waals surface area (Å²) in [5, 5.41) is 4.56. The van der Waals surface area contributed by atoms with E-state index < -0.39 is 0 Å². The summed E-state index contributed by atoms with van der Waals surface area (Å²) in [4.78, 5) is 13.0. The van der Waals surface area contributed by atoms with Crippen molar-refractivity contribution >= 4 is 34.0 Å². The number of rotatable bonds is 10. The molecule has 0 amide bonds. The predicted octanol–water partition coefficient (Wildman–Crippen LogP) is 4.74. The quantitative estimate of drug-likeness (QED) is 0.324. The van der Waals surface area contributed by atoms with Crippen molar-refractivity contribution in [2.75, 3.05) is 25.6 Å². The van der Waals surface area contributed by atoms with Crippen LogP contribution < -0.4 is 25.3 Å². The van der Waals surface area contributed by atoms with Crippen molar-refractivity contribution in [2.24, 2.45) is 5.73 Å². The number of halogens is 1. The summed E-state index contributed by atoms with van der Waals surface area (Å²) in [6.45, 7) is 1.37. The van der Waals surface area contributed by atoms with Gasteiger partial charge in [-0.3, -0.25) is 4.98 Å². The minimum atomic E-state index is 0.332. The van der Waals surface area contributed by atoms with Crippen molar-refractivity contribution in [1.82, 2.24) is 15.0 Å². The molecule has 0 aliphatic rings. The van der Waals surface area contributed by atoms with Crippen molar-refractivity contribution in [3.05, 3.63) is 71.8 Å². The van der Waals surface area contributed by atoms with Crippen molar-refractivity contribution in [2.45, 2.75) is 13.0 Å². The predicted molar refractivity (Wildman–Crippen MR) is 129 cm³/mol. The monoisotopic (exact) mass is 465 g/mol. The first-order chi connectivity index (χ1) is 16.2. The molecule has 0 radical (unpaired) electrons. The molecule has 2 aromatic carbocycles. The number of pyridine rings is 1. The molecule has 2 aromatic heterocycles. The zero-order valence-electron chi connectivity index (χ0n) is 18.1. The molecule has 2 heterocycles. The fourth-order valence-electron chi connectivity index (χ4n) is 3.17. The molecule has 0 aliphatic heterocycles. The summed E-state index contributed by atoms with van der Waals surface area (Å²) in [6, 6.07) is 14.8. The molecule has 0 aliphatic carbocycles. The van der Waals surface area contributed by atoms with E-state index in [4.69, 9.17) is 31.5 Å². The topological polar surface area (TPSA) is 104 Å². The summed E-state index contributed by atoms with van der Waals surface area (Å²) < 4.78 is 17.1. The largest absolute Gasteiger partial charge is 0.493 e. The molecule has 4 aromatic rings. The Morgan fingerprint density at radius 1 is 0.970 bits per heavy atom. The molecular weight excluding hydrogens is 442 g/mol. The SMILES string of the molecule is COc1cc2ncnc(Nc3ccc(OCc4ccccn4)c(Cl)c3)c2cc1OCCCN. The normalized spacial score (nSPS) is 10.8. The maximum Gasteiger partial charge on any atom is 0.162 e. The third kappa shape index (κ3) is 5.60. The van der Waals surface area contributed by atoms with Crippen molar-refractivity contribution < 1.29 is 14.2 Å². The van der Waals surface area contributed by atoms with Gasteiger partial charge >= 0.3 is 0 Å². The Morgan fingerprint density at radius 3 is 2.64 bits per heavy atom. The van der Waals surface area contributed by atoms with E-state index in [1.807, 2.05) is 36.4 Å². The molecule has 170 valence electrons. The molecule has 0 spiro atoms. The summed E-state index contributed by atoms with van der Waals surface area (Å²) in [7, 11) is 1.59. The maximum absolute atomic E-state index is 6.45. The molecule has 4 rings (SSSR count). The lowest BCUT2D eigenvalue weighted by molar-refractivity contribution is 0.292. The van der Waals surface area contributed by atoms with E-state index in [1.54, 1.807) is 25.4 Å². The number of nitrogens with one attached hydrogen (secondary N) is 1. The number of aromatic nitrogens is 3. The average molecular weight is 466 g/mol. The molecule has 0 saturated carbocycles. The number of anilines is 2. The van der Waals surface area contributed by atoms with Crippen LogP contribution in [0.25, 0.3) is 10.9 Å².